The maximum absolute atomic E-state index is 12.6. The van der Waals surface area contributed by atoms with E-state index in [0.29, 0.717) is 0 Å². The lowest BCUT2D eigenvalue weighted by Crippen LogP contribution is -2.01. The Hall–Kier alpha value is -0.0500. The molecular formula is C6H2F4INS. The van der Waals surface area contributed by atoms with Crippen molar-refractivity contribution in [2.24, 2.45) is 0 Å². The highest BCUT2D eigenvalue weighted by Crippen LogP contribution is 2.36. The Morgan fingerprint density at radius 3 is 2.38 bits per heavy atom. The minimum absolute atomic E-state index is 0.198. The predicted molar refractivity (Wildman–Crippen MR) is 48.8 cm³/mol. The molecule has 0 aromatic carbocycles. The summed E-state index contributed by atoms with van der Waals surface area (Å²) >= 11 is 1.22. The molecule has 13 heavy (non-hydrogen) atoms. The highest BCUT2D eigenvalue weighted by molar-refractivity contribution is 14.1. The number of hydrogen-bond acceptors (Lipinski definition) is 2. The van der Waals surface area contributed by atoms with E-state index < -0.39 is 23.1 Å². The van der Waals surface area contributed by atoms with Gasteiger partial charge in [0.25, 0.3) is 0 Å². The van der Waals surface area contributed by atoms with E-state index in [1.807, 2.05) is 0 Å². The molecular weight excluding hydrogens is 321 g/mol. The van der Waals surface area contributed by atoms with Crippen LogP contribution in [0.25, 0.3) is 0 Å². The second-order valence-electron chi connectivity index (χ2n) is 1.99. The summed E-state index contributed by atoms with van der Waals surface area (Å²) in [5.41, 5.74) is -4.43. The molecule has 1 nitrogen and oxygen atoms in total. The zero-order chi connectivity index (χ0) is 10.1. The zero-order valence-electron chi connectivity index (χ0n) is 5.90. The van der Waals surface area contributed by atoms with Gasteiger partial charge in [-0.3, -0.25) is 0 Å². The summed E-state index contributed by atoms with van der Waals surface area (Å²) in [5.74, 6) is -0.717. The molecule has 0 atom stereocenters. The monoisotopic (exact) mass is 323 g/mol. The van der Waals surface area contributed by atoms with E-state index in [2.05, 4.69) is 4.98 Å². The molecule has 0 radical (unpaired) electrons. The van der Waals surface area contributed by atoms with Crippen LogP contribution in [-0.2, 0) is 0 Å². The van der Waals surface area contributed by atoms with Crippen LogP contribution in [0.5, 0.6) is 0 Å². The lowest BCUT2D eigenvalue weighted by Gasteiger charge is -2.04. The van der Waals surface area contributed by atoms with Crippen molar-refractivity contribution in [2.45, 2.75) is 10.5 Å². The maximum atomic E-state index is 12.6. The Morgan fingerprint density at radius 1 is 1.31 bits per heavy atom. The Balaban J connectivity index is 2.90. The molecule has 72 valence electrons. The van der Waals surface area contributed by atoms with Crippen LogP contribution in [0.3, 0.4) is 0 Å². The van der Waals surface area contributed by atoms with E-state index in [0.717, 1.165) is 12.1 Å². The lowest BCUT2D eigenvalue weighted by atomic mass is 10.5. The van der Waals surface area contributed by atoms with E-state index in [1.54, 1.807) is 22.6 Å². The van der Waals surface area contributed by atoms with E-state index in [4.69, 9.17) is 0 Å². The SMILES string of the molecule is Fc1cc(I)nc(SC(F)(F)F)c1. The van der Waals surface area contributed by atoms with Crippen LogP contribution in [0, 0.1) is 9.52 Å². The van der Waals surface area contributed by atoms with Crippen molar-refractivity contribution in [3.05, 3.63) is 21.7 Å². The van der Waals surface area contributed by atoms with Crippen molar-refractivity contribution >= 4 is 34.4 Å². The zero-order valence-corrected chi connectivity index (χ0v) is 8.87. The second kappa shape index (κ2) is 3.99. The third-order valence-electron chi connectivity index (χ3n) is 0.956. The Bertz CT molecular complexity index is 294. The lowest BCUT2D eigenvalue weighted by molar-refractivity contribution is -0.0329. The molecule has 0 unspecified atom stereocenters. The molecule has 0 aliphatic carbocycles. The molecule has 1 rings (SSSR count). The minimum Gasteiger partial charge on any atom is -0.235 e. The average Bonchev–Trinajstić information content (AvgIpc) is 1.78. The highest BCUT2D eigenvalue weighted by atomic mass is 127. The first-order valence-corrected chi connectivity index (χ1v) is 4.85. The van der Waals surface area contributed by atoms with Crippen molar-refractivity contribution in [3.63, 3.8) is 0 Å². The van der Waals surface area contributed by atoms with Gasteiger partial charge < -0.3 is 0 Å². The number of thioether (sulfide) groups is 1. The smallest absolute Gasteiger partial charge is 0.235 e. The van der Waals surface area contributed by atoms with Gasteiger partial charge in [0, 0.05) is 23.9 Å². The van der Waals surface area contributed by atoms with Crippen LogP contribution in [-0.4, -0.2) is 10.5 Å². The van der Waals surface area contributed by atoms with Crippen molar-refractivity contribution < 1.29 is 17.6 Å². The Labute approximate surface area is 89.1 Å². The number of hydrogen-bond donors (Lipinski definition) is 0. The number of pyridine rings is 1. The molecule has 0 fully saturated rings. The molecule has 0 aliphatic rings. The van der Waals surface area contributed by atoms with Crippen LogP contribution < -0.4 is 0 Å². The van der Waals surface area contributed by atoms with Crippen LogP contribution >= 0.6 is 34.4 Å². The summed E-state index contributed by atoms with van der Waals surface area (Å²) in [4.78, 5) is 3.51. The van der Waals surface area contributed by atoms with Gasteiger partial charge >= 0.3 is 5.51 Å². The van der Waals surface area contributed by atoms with Crippen molar-refractivity contribution in [1.82, 2.24) is 4.98 Å². The Morgan fingerprint density at radius 2 is 1.92 bits per heavy atom. The summed E-state index contributed by atoms with van der Waals surface area (Å²) in [6.45, 7) is 0. The molecule has 0 spiro atoms. The maximum Gasteiger partial charge on any atom is 0.447 e. The highest BCUT2D eigenvalue weighted by Gasteiger charge is 2.30. The van der Waals surface area contributed by atoms with Crippen LogP contribution in [0.2, 0.25) is 0 Å². The number of alkyl halides is 3. The fraction of sp³-hybridized carbons (Fsp3) is 0.167. The summed E-state index contributed by atoms with van der Waals surface area (Å²) in [7, 11) is 0. The van der Waals surface area contributed by atoms with E-state index in [9.17, 15) is 17.6 Å². The number of aromatic nitrogens is 1. The second-order valence-corrected chi connectivity index (χ2v) is 4.18. The fourth-order valence-electron chi connectivity index (χ4n) is 0.614. The Kier molecular flexibility index (Phi) is 3.38. The summed E-state index contributed by atoms with van der Waals surface area (Å²) in [6.07, 6.45) is 0. The molecule has 0 saturated carbocycles. The van der Waals surface area contributed by atoms with Gasteiger partial charge in [0.2, 0.25) is 0 Å². The van der Waals surface area contributed by atoms with Gasteiger partial charge in [-0.2, -0.15) is 13.2 Å². The summed E-state index contributed by atoms with van der Waals surface area (Å²) < 4.78 is 48.2. The van der Waals surface area contributed by atoms with Gasteiger partial charge in [-0.1, -0.05) is 0 Å². The van der Waals surface area contributed by atoms with Crippen molar-refractivity contribution in [3.8, 4) is 0 Å². The van der Waals surface area contributed by atoms with Crippen LogP contribution in [0.1, 0.15) is 0 Å². The normalized spacial score (nSPS) is 11.8. The van der Waals surface area contributed by atoms with Gasteiger partial charge in [-0.15, -0.1) is 0 Å². The molecule has 0 amide bonds. The number of nitrogens with zero attached hydrogens (tertiary/aromatic N) is 1. The number of halogens is 5. The molecule has 1 aromatic rings. The first-order chi connectivity index (χ1) is 5.87. The molecule has 7 heteroatoms. The average molecular weight is 323 g/mol. The van der Waals surface area contributed by atoms with Crippen molar-refractivity contribution in [2.75, 3.05) is 0 Å². The minimum atomic E-state index is -4.43. The third kappa shape index (κ3) is 4.12. The molecule has 1 heterocycles. The molecule has 0 saturated heterocycles. The van der Waals surface area contributed by atoms with Gasteiger partial charge in [0.15, 0.2) is 0 Å². The molecule has 0 N–H and O–H groups in total. The summed E-state index contributed by atoms with van der Waals surface area (Å²) in [6, 6.07) is 1.81. The van der Waals surface area contributed by atoms with Gasteiger partial charge in [-0.05, 0) is 22.6 Å². The van der Waals surface area contributed by atoms with E-state index >= 15 is 0 Å². The van der Waals surface area contributed by atoms with E-state index in [1.165, 1.54) is 0 Å². The largest absolute Gasteiger partial charge is 0.447 e. The molecule has 0 aliphatic heterocycles. The molecule has 1 aromatic heterocycles. The number of rotatable bonds is 1. The predicted octanol–water partition coefficient (Wildman–Crippen LogP) is 3.44. The van der Waals surface area contributed by atoms with Gasteiger partial charge in [-0.25, -0.2) is 9.37 Å². The standard InChI is InChI=1S/C6H2F4INS/c7-3-1-4(11)12-5(2-3)13-6(8,9)10/h1-2H. The van der Waals surface area contributed by atoms with Gasteiger partial charge in [0.1, 0.15) is 14.5 Å². The fourth-order valence-corrected chi connectivity index (χ4v) is 1.89. The molecule has 0 bridgehead atoms. The third-order valence-corrected chi connectivity index (χ3v) is 2.16. The first kappa shape index (κ1) is 11.0. The first-order valence-electron chi connectivity index (χ1n) is 2.96. The van der Waals surface area contributed by atoms with Crippen LogP contribution in [0.15, 0.2) is 17.2 Å². The van der Waals surface area contributed by atoms with Crippen LogP contribution in [0.4, 0.5) is 17.6 Å². The van der Waals surface area contributed by atoms with Crippen molar-refractivity contribution in [1.29, 1.82) is 0 Å². The van der Waals surface area contributed by atoms with E-state index in [-0.39, 0.29) is 8.73 Å². The summed E-state index contributed by atoms with van der Waals surface area (Å²) in [5, 5.41) is -0.378. The topological polar surface area (TPSA) is 12.9 Å². The van der Waals surface area contributed by atoms with Gasteiger partial charge in [0.05, 0.1) is 0 Å². The quantitative estimate of drug-likeness (QED) is 0.340.